The maximum Gasteiger partial charge on any atom is 0.251 e. The van der Waals surface area contributed by atoms with E-state index in [2.05, 4.69) is 22.8 Å². The van der Waals surface area contributed by atoms with Gasteiger partial charge < -0.3 is 15.4 Å². The molecular weight excluding hydrogens is 372 g/mol. The van der Waals surface area contributed by atoms with Crippen LogP contribution in [0.25, 0.3) is 0 Å². The van der Waals surface area contributed by atoms with Gasteiger partial charge in [0.25, 0.3) is 5.91 Å². The van der Waals surface area contributed by atoms with Gasteiger partial charge in [0.15, 0.2) is 0 Å². The quantitative estimate of drug-likeness (QED) is 0.471. The van der Waals surface area contributed by atoms with E-state index >= 15 is 0 Å². The smallest absolute Gasteiger partial charge is 0.251 e. The summed E-state index contributed by atoms with van der Waals surface area (Å²) in [5.41, 5.74) is 0.499. The molecule has 5 nitrogen and oxygen atoms in total. The molecule has 2 rings (SSSR count). The zero-order chi connectivity index (χ0) is 20.4. The van der Waals surface area contributed by atoms with E-state index in [0.29, 0.717) is 17.9 Å². The molecule has 2 aromatic rings. The third-order valence-electron chi connectivity index (χ3n) is 4.22. The Morgan fingerprint density at radius 1 is 1.04 bits per heavy atom. The minimum atomic E-state index is -0.573. The van der Waals surface area contributed by atoms with Gasteiger partial charge in [-0.1, -0.05) is 32.0 Å². The number of hydrogen-bond donors (Lipinski definition) is 2. The molecular formula is C22H28N2O3S. The lowest BCUT2D eigenvalue weighted by Gasteiger charge is -2.22. The molecule has 0 saturated heterocycles. The number of ether oxygens (including phenoxy) is 1. The van der Waals surface area contributed by atoms with Gasteiger partial charge >= 0.3 is 0 Å². The number of nitrogens with one attached hydrogen (secondary N) is 2. The summed E-state index contributed by atoms with van der Waals surface area (Å²) in [5.74, 6) is 1.18. The Balaban J connectivity index is 1.79. The molecule has 0 aromatic heterocycles. The second-order valence-corrected chi connectivity index (χ2v) is 7.90. The van der Waals surface area contributed by atoms with Gasteiger partial charge in [-0.05, 0) is 54.5 Å². The predicted octanol–water partition coefficient (Wildman–Crippen LogP) is 3.75. The van der Waals surface area contributed by atoms with Gasteiger partial charge in [-0.25, -0.2) is 0 Å². The third kappa shape index (κ3) is 6.93. The average molecular weight is 401 g/mol. The fourth-order valence-corrected chi connectivity index (χ4v) is 3.48. The average Bonchev–Trinajstić information content (AvgIpc) is 2.72. The molecule has 2 N–H and O–H groups in total. The zero-order valence-corrected chi connectivity index (χ0v) is 17.4. The maximum atomic E-state index is 12.5. The van der Waals surface area contributed by atoms with Crippen molar-refractivity contribution in [3.63, 3.8) is 0 Å². The van der Waals surface area contributed by atoms with Crippen LogP contribution >= 0.6 is 11.8 Å². The van der Waals surface area contributed by atoms with Crippen LogP contribution in [0.3, 0.4) is 0 Å². The zero-order valence-electron chi connectivity index (χ0n) is 16.6. The first-order valence-electron chi connectivity index (χ1n) is 9.41. The summed E-state index contributed by atoms with van der Waals surface area (Å²) in [4.78, 5) is 26.2. The van der Waals surface area contributed by atoms with E-state index in [4.69, 9.17) is 4.74 Å². The van der Waals surface area contributed by atoms with Gasteiger partial charge in [-0.15, -0.1) is 11.8 Å². The summed E-state index contributed by atoms with van der Waals surface area (Å²) in [6, 6.07) is 16.4. The number of carbonyl (C=O) groups excluding carboxylic acids is 2. The molecule has 0 aliphatic carbocycles. The van der Waals surface area contributed by atoms with Crippen molar-refractivity contribution in [3.8, 4) is 5.75 Å². The molecule has 6 heteroatoms. The number of methoxy groups -OCH3 is 1. The normalized spacial score (nSPS) is 11.7. The summed E-state index contributed by atoms with van der Waals surface area (Å²) in [7, 11) is 1.58. The number of amides is 2. The van der Waals surface area contributed by atoms with Gasteiger partial charge in [0.05, 0.1) is 7.11 Å². The predicted molar refractivity (Wildman–Crippen MR) is 114 cm³/mol. The maximum absolute atomic E-state index is 12.5. The Labute approximate surface area is 171 Å². The number of hydrogen-bond acceptors (Lipinski definition) is 4. The lowest BCUT2D eigenvalue weighted by molar-refractivity contribution is -0.123. The molecule has 0 radical (unpaired) electrons. The first-order valence-corrected chi connectivity index (χ1v) is 10.4. The van der Waals surface area contributed by atoms with Crippen molar-refractivity contribution >= 4 is 23.6 Å². The molecule has 0 spiro atoms. The Morgan fingerprint density at radius 2 is 1.71 bits per heavy atom. The molecule has 0 fully saturated rings. The van der Waals surface area contributed by atoms with Crippen molar-refractivity contribution in [1.82, 2.24) is 10.6 Å². The second-order valence-electron chi connectivity index (χ2n) is 6.73. The van der Waals surface area contributed by atoms with E-state index in [-0.39, 0.29) is 17.7 Å². The van der Waals surface area contributed by atoms with Crippen LogP contribution < -0.4 is 15.4 Å². The summed E-state index contributed by atoms with van der Waals surface area (Å²) >= 11 is 1.77. The Hall–Kier alpha value is -2.47. The molecule has 28 heavy (non-hydrogen) atoms. The first kappa shape index (κ1) is 21.8. The van der Waals surface area contributed by atoms with Crippen molar-refractivity contribution in [2.24, 2.45) is 5.92 Å². The van der Waals surface area contributed by atoms with Crippen molar-refractivity contribution in [2.75, 3.05) is 19.4 Å². The van der Waals surface area contributed by atoms with Crippen molar-refractivity contribution in [1.29, 1.82) is 0 Å². The van der Waals surface area contributed by atoms with Crippen LogP contribution in [0.1, 0.15) is 30.6 Å². The van der Waals surface area contributed by atoms with E-state index in [9.17, 15) is 9.59 Å². The summed E-state index contributed by atoms with van der Waals surface area (Å²) in [6.45, 7) is 4.42. The van der Waals surface area contributed by atoms with Crippen LogP contribution in [0.5, 0.6) is 5.75 Å². The molecule has 0 saturated carbocycles. The van der Waals surface area contributed by atoms with Gasteiger partial charge in [0.2, 0.25) is 5.91 Å². The lowest BCUT2D eigenvalue weighted by Crippen LogP contribution is -2.49. The van der Waals surface area contributed by atoms with Gasteiger partial charge in [0.1, 0.15) is 11.8 Å². The molecule has 1 atom stereocenters. The molecule has 2 amide bonds. The fraction of sp³-hybridized carbons (Fsp3) is 0.364. The van der Waals surface area contributed by atoms with E-state index in [1.807, 2.05) is 32.0 Å². The van der Waals surface area contributed by atoms with E-state index in [1.54, 1.807) is 43.1 Å². The molecule has 150 valence electrons. The van der Waals surface area contributed by atoms with E-state index in [0.717, 1.165) is 12.2 Å². The summed E-state index contributed by atoms with van der Waals surface area (Å²) in [5, 5.41) is 5.78. The largest absolute Gasteiger partial charge is 0.497 e. The Morgan fingerprint density at radius 3 is 2.32 bits per heavy atom. The highest BCUT2D eigenvalue weighted by molar-refractivity contribution is 7.99. The summed E-state index contributed by atoms with van der Waals surface area (Å²) in [6.07, 6.45) is 0.864. The fourth-order valence-electron chi connectivity index (χ4n) is 2.60. The van der Waals surface area contributed by atoms with Gasteiger partial charge in [0, 0.05) is 17.0 Å². The van der Waals surface area contributed by atoms with Gasteiger partial charge in [-0.2, -0.15) is 0 Å². The third-order valence-corrected chi connectivity index (χ3v) is 5.32. The standard InChI is InChI=1S/C22H28N2O3S/c1-16(2)20(24-21(25)17-10-12-18(27-3)13-11-17)22(26)23-14-7-15-28-19-8-5-4-6-9-19/h4-6,8-13,16,20H,7,14-15H2,1-3H3,(H,23,26)(H,24,25)/t20-/m0/s1. The highest BCUT2D eigenvalue weighted by atomic mass is 32.2. The van der Waals surface area contributed by atoms with Crippen LogP contribution in [0.15, 0.2) is 59.5 Å². The minimum Gasteiger partial charge on any atom is -0.497 e. The SMILES string of the molecule is COc1ccc(C(=O)N[C@H](C(=O)NCCCSc2ccccc2)C(C)C)cc1. The van der Waals surface area contributed by atoms with Crippen molar-refractivity contribution in [2.45, 2.75) is 31.2 Å². The Kier molecular flexibility index (Phi) is 8.88. The van der Waals surface area contributed by atoms with E-state index < -0.39 is 6.04 Å². The molecule has 0 aliphatic rings. The van der Waals surface area contributed by atoms with Crippen molar-refractivity contribution < 1.29 is 14.3 Å². The van der Waals surface area contributed by atoms with Crippen LogP contribution in [0.2, 0.25) is 0 Å². The minimum absolute atomic E-state index is 0.0131. The van der Waals surface area contributed by atoms with Crippen LogP contribution in [0.4, 0.5) is 0 Å². The number of carbonyl (C=O) groups is 2. The molecule has 0 bridgehead atoms. The van der Waals surface area contributed by atoms with Crippen molar-refractivity contribution in [3.05, 3.63) is 60.2 Å². The molecule has 0 aliphatic heterocycles. The topological polar surface area (TPSA) is 67.4 Å². The molecule has 2 aromatic carbocycles. The number of thioether (sulfide) groups is 1. The molecule has 0 unspecified atom stereocenters. The Bertz CT molecular complexity index is 748. The highest BCUT2D eigenvalue weighted by Crippen LogP contribution is 2.17. The van der Waals surface area contributed by atoms with E-state index in [1.165, 1.54) is 4.90 Å². The monoisotopic (exact) mass is 400 g/mol. The highest BCUT2D eigenvalue weighted by Gasteiger charge is 2.24. The van der Waals surface area contributed by atoms with Crippen LogP contribution in [-0.2, 0) is 4.79 Å². The second kappa shape index (κ2) is 11.4. The van der Waals surface area contributed by atoms with Crippen LogP contribution in [0, 0.1) is 5.92 Å². The number of benzene rings is 2. The van der Waals surface area contributed by atoms with Gasteiger partial charge in [-0.3, -0.25) is 9.59 Å². The molecule has 0 heterocycles. The first-order chi connectivity index (χ1) is 13.5. The van der Waals surface area contributed by atoms with Crippen LogP contribution in [-0.4, -0.2) is 37.3 Å². The lowest BCUT2D eigenvalue weighted by atomic mass is 10.0. The number of rotatable bonds is 10. The summed E-state index contributed by atoms with van der Waals surface area (Å²) < 4.78 is 5.10.